The third kappa shape index (κ3) is 4.15. The molecule has 0 saturated carbocycles. The molecule has 2 aromatic carbocycles. The number of rotatable bonds is 5. The first-order valence-corrected chi connectivity index (χ1v) is 10.4. The molecule has 7 nitrogen and oxygen atoms in total. The molecule has 1 N–H and O–H groups in total. The zero-order valence-corrected chi connectivity index (χ0v) is 17.4. The second kappa shape index (κ2) is 8.24. The van der Waals surface area contributed by atoms with Crippen LogP contribution in [-0.2, 0) is 10.5 Å². The van der Waals surface area contributed by atoms with E-state index in [1.165, 1.54) is 6.92 Å². The van der Waals surface area contributed by atoms with Crippen molar-refractivity contribution in [1.82, 2.24) is 14.8 Å². The van der Waals surface area contributed by atoms with E-state index in [0.717, 1.165) is 38.1 Å². The molecule has 0 bridgehead atoms. The zero-order chi connectivity index (χ0) is 19.5. The van der Waals surface area contributed by atoms with E-state index in [1.807, 2.05) is 41.0 Å². The van der Waals surface area contributed by atoms with Crippen LogP contribution in [0.3, 0.4) is 0 Å². The van der Waals surface area contributed by atoms with Gasteiger partial charge in [0, 0.05) is 22.8 Å². The number of carbonyl (C=O) groups excluding carboxylic acids is 1. The van der Waals surface area contributed by atoms with E-state index >= 15 is 0 Å². The molecule has 0 unspecified atom stereocenters. The number of hydrogen-bond donors (Lipinski definition) is 1. The van der Waals surface area contributed by atoms with Crippen LogP contribution < -0.4 is 14.8 Å². The molecule has 0 spiro atoms. The summed E-state index contributed by atoms with van der Waals surface area (Å²) in [7, 11) is 0. The van der Waals surface area contributed by atoms with E-state index < -0.39 is 0 Å². The number of benzene rings is 2. The van der Waals surface area contributed by atoms with Crippen LogP contribution in [0.4, 0.5) is 5.69 Å². The van der Waals surface area contributed by atoms with Crippen molar-refractivity contribution in [1.29, 1.82) is 0 Å². The molecule has 0 atom stereocenters. The van der Waals surface area contributed by atoms with Crippen molar-refractivity contribution in [3.05, 3.63) is 52.8 Å². The molecule has 0 radical (unpaired) electrons. The Labute approximate surface area is 174 Å². The number of halogens is 1. The minimum atomic E-state index is -0.112. The highest BCUT2D eigenvalue weighted by Gasteiger charge is 2.16. The molecule has 0 aliphatic carbocycles. The molecule has 9 heteroatoms. The Kier molecular flexibility index (Phi) is 5.54. The second-order valence-corrected chi connectivity index (χ2v) is 7.89. The molecule has 1 aliphatic heterocycles. The van der Waals surface area contributed by atoms with Gasteiger partial charge < -0.3 is 14.8 Å². The fraction of sp³-hybridized carbons (Fsp3) is 0.211. The van der Waals surface area contributed by atoms with Crippen molar-refractivity contribution >= 4 is 39.3 Å². The van der Waals surface area contributed by atoms with Crippen molar-refractivity contribution in [3.8, 4) is 17.2 Å². The van der Waals surface area contributed by atoms with Crippen LogP contribution in [0.25, 0.3) is 5.69 Å². The fourth-order valence-electron chi connectivity index (χ4n) is 2.80. The van der Waals surface area contributed by atoms with Gasteiger partial charge >= 0.3 is 0 Å². The number of carbonyl (C=O) groups is 1. The summed E-state index contributed by atoms with van der Waals surface area (Å²) in [6, 6.07) is 11.5. The number of ether oxygens (including phenoxy) is 2. The molecule has 0 saturated heterocycles. The lowest BCUT2D eigenvalue weighted by Gasteiger charge is -2.19. The number of thioether (sulfide) groups is 1. The Bertz CT molecular complexity index is 1020. The maximum absolute atomic E-state index is 11.3. The summed E-state index contributed by atoms with van der Waals surface area (Å²) in [4.78, 5) is 11.3. The maximum atomic E-state index is 11.3. The van der Waals surface area contributed by atoms with Crippen molar-refractivity contribution in [2.75, 3.05) is 18.5 Å². The van der Waals surface area contributed by atoms with Gasteiger partial charge in [-0.3, -0.25) is 9.36 Å². The summed E-state index contributed by atoms with van der Waals surface area (Å²) < 4.78 is 14.1. The summed E-state index contributed by atoms with van der Waals surface area (Å²) in [6.45, 7) is 2.60. The Morgan fingerprint density at radius 3 is 2.82 bits per heavy atom. The smallest absolute Gasteiger partial charge is 0.221 e. The minimum Gasteiger partial charge on any atom is -0.486 e. The lowest BCUT2D eigenvalue weighted by molar-refractivity contribution is -0.114. The number of hydrogen-bond acceptors (Lipinski definition) is 6. The van der Waals surface area contributed by atoms with Crippen LogP contribution in [0.5, 0.6) is 11.5 Å². The van der Waals surface area contributed by atoms with Gasteiger partial charge in [-0.05, 0) is 35.9 Å². The van der Waals surface area contributed by atoms with Gasteiger partial charge in [-0.1, -0.05) is 33.8 Å². The molecule has 1 aliphatic rings. The number of amides is 1. The van der Waals surface area contributed by atoms with Crippen LogP contribution in [0.15, 0.2) is 52.4 Å². The lowest BCUT2D eigenvalue weighted by Crippen LogP contribution is -2.15. The van der Waals surface area contributed by atoms with Gasteiger partial charge in [0.05, 0.1) is 5.69 Å². The quantitative estimate of drug-likeness (QED) is 0.578. The molecule has 28 heavy (non-hydrogen) atoms. The maximum Gasteiger partial charge on any atom is 0.221 e. The molecule has 144 valence electrons. The van der Waals surface area contributed by atoms with Crippen molar-refractivity contribution in [2.45, 2.75) is 17.8 Å². The molecule has 1 aromatic heterocycles. The second-order valence-electron chi connectivity index (χ2n) is 6.09. The van der Waals surface area contributed by atoms with Crippen LogP contribution in [0.2, 0.25) is 0 Å². The van der Waals surface area contributed by atoms with E-state index in [9.17, 15) is 4.79 Å². The number of nitrogens with one attached hydrogen (secondary N) is 1. The average Bonchev–Trinajstić information content (AvgIpc) is 3.14. The number of aromatic nitrogens is 3. The SMILES string of the molecule is CC(=O)Nc1cccc(-n2cnnc2SCc2cc3c(cc2Br)OCCO3)c1. The van der Waals surface area contributed by atoms with E-state index in [0.29, 0.717) is 19.0 Å². The highest BCUT2D eigenvalue weighted by molar-refractivity contribution is 9.10. The minimum absolute atomic E-state index is 0.112. The third-order valence-electron chi connectivity index (χ3n) is 4.03. The first-order valence-electron chi connectivity index (χ1n) is 8.59. The molecular weight excluding hydrogens is 444 g/mol. The summed E-state index contributed by atoms with van der Waals surface area (Å²) in [6.07, 6.45) is 1.66. The number of anilines is 1. The Hall–Kier alpha value is -2.52. The Balaban J connectivity index is 1.54. The van der Waals surface area contributed by atoms with Crippen molar-refractivity contribution < 1.29 is 14.3 Å². The predicted molar refractivity (Wildman–Crippen MR) is 110 cm³/mol. The van der Waals surface area contributed by atoms with Gasteiger partial charge in [-0.2, -0.15) is 0 Å². The number of nitrogens with zero attached hydrogens (tertiary/aromatic N) is 3. The largest absolute Gasteiger partial charge is 0.486 e. The van der Waals surface area contributed by atoms with E-state index in [1.54, 1.807) is 18.1 Å². The monoisotopic (exact) mass is 460 g/mol. The fourth-order valence-corrected chi connectivity index (χ4v) is 4.36. The molecule has 2 heterocycles. The lowest BCUT2D eigenvalue weighted by atomic mass is 10.2. The average molecular weight is 461 g/mol. The van der Waals surface area contributed by atoms with E-state index in [2.05, 4.69) is 31.4 Å². The highest BCUT2D eigenvalue weighted by atomic mass is 79.9. The van der Waals surface area contributed by atoms with Gasteiger partial charge in [-0.25, -0.2) is 0 Å². The summed E-state index contributed by atoms with van der Waals surface area (Å²) in [5.41, 5.74) is 2.68. The van der Waals surface area contributed by atoms with Gasteiger partial charge in [0.1, 0.15) is 19.5 Å². The van der Waals surface area contributed by atoms with Crippen LogP contribution >= 0.6 is 27.7 Å². The van der Waals surface area contributed by atoms with E-state index in [4.69, 9.17) is 9.47 Å². The van der Waals surface area contributed by atoms with Gasteiger partial charge in [-0.15, -0.1) is 10.2 Å². The first-order chi connectivity index (χ1) is 13.6. The molecule has 3 aromatic rings. The Morgan fingerprint density at radius 1 is 1.25 bits per heavy atom. The Morgan fingerprint density at radius 2 is 2.04 bits per heavy atom. The summed E-state index contributed by atoms with van der Waals surface area (Å²) >= 11 is 5.17. The molecular formula is C19H17BrN4O3S. The predicted octanol–water partition coefficient (Wildman–Crippen LogP) is 4.05. The number of fused-ring (bicyclic) bond motifs is 1. The van der Waals surface area contributed by atoms with Crippen LogP contribution in [-0.4, -0.2) is 33.9 Å². The molecule has 4 rings (SSSR count). The summed E-state index contributed by atoms with van der Waals surface area (Å²) in [5.74, 6) is 2.08. The van der Waals surface area contributed by atoms with E-state index in [-0.39, 0.29) is 5.91 Å². The van der Waals surface area contributed by atoms with Gasteiger partial charge in [0.2, 0.25) is 5.91 Å². The standard InChI is InChI=1S/C19H17BrN4O3S/c1-12(25)22-14-3-2-4-15(8-14)24-11-21-23-19(24)28-10-13-7-17-18(9-16(13)20)27-6-5-26-17/h2-4,7-9,11H,5-6,10H2,1H3,(H,22,25). The molecule has 0 fully saturated rings. The summed E-state index contributed by atoms with van der Waals surface area (Å²) in [5, 5.41) is 11.8. The van der Waals surface area contributed by atoms with Crippen LogP contribution in [0.1, 0.15) is 12.5 Å². The topological polar surface area (TPSA) is 78.3 Å². The highest BCUT2D eigenvalue weighted by Crippen LogP contribution is 2.37. The van der Waals surface area contributed by atoms with Crippen molar-refractivity contribution in [2.24, 2.45) is 0 Å². The van der Waals surface area contributed by atoms with Gasteiger partial charge in [0.15, 0.2) is 16.7 Å². The van der Waals surface area contributed by atoms with Crippen molar-refractivity contribution in [3.63, 3.8) is 0 Å². The zero-order valence-electron chi connectivity index (χ0n) is 15.0. The van der Waals surface area contributed by atoms with Crippen LogP contribution in [0, 0.1) is 0 Å². The normalized spacial score (nSPS) is 12.6. The molecule has 1 amide bonds. The third-order valence-corrected chi connectivity index (χ3v) is 5.76. The first kappa shape index (κ1) is 18.8. The van der Waals surface area contributed by atoms with Gasteiger partial charge in [0.25, 0.3) is 0 Å².